The summed E-state index contributed by atoms with van der Waals surface area (Å²) in [7, 11) is 0. The zero-order valence-corrected chi connectivity index (χ0v) is 17.5. The third-order valence-corrected chi connectivity index (χ3v) is 4.71. The normalized spacial score (nSPS) is 10.9. The van der Waals surface area contributed by atoms with Crippen molar-refractivity contribution in [2.75, 3.05) is 18.4 Å². The summed E-state index contributed by atoms with van der Waals surface area (Å²) in [5.74, 6) is -0.272. The highest BCUT2D eigenvalue weighted by Gasteiger charge is 2.24. The average molecular weight is 393 g/mol. The van der Waals surface area contributed by atoms with Gasteiger partial charge in [0.2, 0.25) is 5.82 Å². The predicted octanol–water partition coefficient (Wildman–Crippen LogP) is 4.47. The number of carbonyl (C=O) groups excluding carboxylic acids is 2. The lowest BCUT2D eigenvalue weighted by molar-refractivity contribution is 0.0752. The second-order valence-electron chi connectivity index (χ2n) is 7.36. The Hall–Kier alpha value is -3.15. The first-order valence-corrected chi connectivity index (χ1v) is 10.1. The van der Waals surface area contributed by atoms with Crippen molar-refractivity contribution in [2.24, 2.45) is 0 Å². The number of fused-ring (bicyclic) bond motifs is 1. The van der Waals surface area contributed by atoms with E-state index in [1.54, 1.807) is 15.5 Å². The fraction of sp³-hybridized carbons (Fsp3) is 0.348. The molecular formula is C23H28N4O2. The molecule has 0 aliphatic carbocycles. The molecule has 0 aliphatic heterocycles. The topological polar surface area (TPSA) is 66.7 Å². The van der Waals surface area contributed by atoms with Crippen LogP contribution in [0.1, 0.15) is 58.9 Å². The van der Waals surface area contributed by atoms with E-state index >= 15 is 0 Å². The number of carbonyl (C=O) groups is 2. The zero-order valence-electron chi connectivity index (χ0n) is 17.5. The molecule has 6 nitrogen and oxygen atoms in total. The Morgan fingerprint density at radius 3 is 2.31 bits per heavy atom. The number of nitrogens with one attached hydrogen (secondary N) is 1. The first-order valence-electron chi connectivity index (χ1n) is 10.1. The van der Waals surface area contributed by atoms with Gasteiger partial charge in [0.1, 0.15) is 0 Å². The summed E-state index contributed by atoms with van der Waals surface area (Å²) < 4.78 is 1.68. The lowest BCUT2D eigenvalue weighted by atomic mass is 10.1. The Bertz CT molecular complexity index is 1010. The maximum atomic E-state index is 13.1. The Kier molecular flexibility index (Phi) is 6.32. The van der Waals surface area contributed by atoms with Crippen LogP contribution in [0.5, 0.6) is 0 Å². The summed E-state index contributed by atoms with van der Waals surface area (Å²) in [6.07, 6.45) is 3.51. The second-order valence-corrected chi connectivity index (χ2v) is 7.36. The average Bonchev–Trinajstić information content (AvgIpc) is 3.06. The minimum absolute atomic E-state index is 0.136. The molecule has 0 saturated carbocycles. The number of hydrogen-bond acceptors (Lipinski definition) is 3. The Balaban J connectivity index is 1.99. The molecule has 0 fully saturated rings. The second kappa shape index (κ2) is 8.90. The van der Waals surface area contributed by atoms with Crippen molar-refractivity contribution in [3.05, 3.63) is 65.2 Å². The van der Waals surface area contributed by atoms with E-state index in [4.69, 9.17) is 0 Å². The molecule has 2 heterocycles. The maximum absolute atomic E-state index is 13.1. The molecule has 1 N–H and O–H groups in total. The van der Waals surface area contributed by atoms with Crippen molar-refractivity contribution in [1.29, 1.82) is 0 Å². The van der Waals surface area contributed by atoms with Gasteiger partial charge >= 0.3 is 0 Å². The van der Waals surface area contributed by atoms with Gasteiger partial charge in [0.05, 0.1) is 5.52 Å². The van der Waals surface area contributed by atoms with E-state index < -0.39 is 0 Å². The molecule has 1 aromatic carbocycles. The van der Waals surface area contributed by atoms with Gasteiger partial charge in [-0.15, -0.1) is 0 Å². The van der Waals surface area contributed by atoms with Crippen molar-refractivity contribution in [3.8, 4) is 0 Å². The van der Waals surface area contributed by atoms with Crippen LogP contribution in [-0.2, 0) is 0 Å². The number of aryl methyl sites for hydroxylation is 2. The number of hydrogen-bond donors (Lipinski definition) is 1. The molecule has 3 rings (SSSR count). The van der Waals surface area contributed by atoms with Gasteiger partial charge in [-0.05, 0) is 62.1 Å². The van der Waals surface area contributed by atoms with Gasteiger partial charge < -0.3 is 10.2 Å². The van der Waals surface area contributed by atoms with Gasteiger partial charge in [-0.1, -0.05) is 26.0 Å². The first kappa shape index (κ1) is 20.6. The number of rotatable bonds is 7. The number of anilines is 1. The van der Waals surface area contributed by atoms with Crippen molar-refractivity contribution in [2.45, 2.75) is 40.5 Å². The smallest absolute Gasteiger partial charge is 0.292 e. The minimum atomic E-state index is -0.340. The first-order chi connectivity index (χ1) is 13.9. The molecule has 2 amide bonds. The Labute approximate surface area is 171 Å². The van der Waals surface area contributed by atoms with Crippen LogP contribution >= 0.6 is 0 Å². The number of imidazole rings is 1. The van der Waals surface area contributed by atoms with E-state index in [9.17, 15) is 9.59 Å². The molecular weight excluding hydrogens is 364 g/mol. The van der Waals surface area contributed by atoms with E-state index in [0.717, 1.165) is 24.0 Å². The monoisotopic (exact) mass is 392 g/mol. The molecule has 0 atom stereocenters. The van der Waals surface area contributed by atoms with Crippen LogP contribution in [0.2, 0.25) is 0 Å². The summed E-state index contributed by atoms with van der Waals surface area (Å²) in [6.45, 7) is 9.40. The summed E-state index contributed by atoms with van der Waals surface area (Å²) >= 11 is 0. The largest absolute Gasteiger partial charge is 0.337 e. The molecule has 0 saturated heterocycles. The van der Waals surface area contributed by atoms with Gasteiger partial charge in [-0.25, -0.2) is 4.98 Å². The minimum Gasteiger partial charge on any atom is -0.337 e. The molecule has 3 aromatic rings. The maximum Gasteiger partial charge on any atom is 0.292 e. The van der Waals surface area contributed by atoms with Crippen LogP contribution in [0.15, 0.2) is 42.6 Å². The molecule has 152 valence electrons. The van der Waals surface area contributed by atoms with Crippen molar-refractivity contribution >= 4 is 23.0 Å². The van der Waals surface area contributed by atoms with Gasteiger partial charge in [0, 0.05) is 25.0 Å². The van der Waals surface area contributed by atoms with Gasteiger partial charge in [0.15, 0.2) is 5.69 Å². The summed E-state index contributed by atoms with van der Waals surface area (Å²) in [6, 6.07) is 11.4. The lowest BCUT2D eigenvalue weighted by Crippen LogP contribution is -2.33. The highest BCUT2D eigenvalue weighted by molar-refractivity contribution is 6.06. The molecule has 6 heteroatoms. The quantitative estimate of drug-likeness (QED) is 0.645. The highest BCUT2D eigenvalue weighted by atomic mass is 16.2. The van der Waals surface area contributed by atoms with E-state index in [1.807, 2.05) is 64.1 Å². The van der Waals surface area contributed by atoms with Gasteiger partial charge in [0.25, 0.3) is 11.8 Å². The number of benzene rings is 1. The molecule has 2 aromatic heterocycles. The van der Waals surface area contributed by atoms with Crippen LogP contribution in [0.3, 0.4) is 0 Å². The standard InChI is InChI=1S/C23H28N4O2/c1-5-10-26(11-6-2)23(29)20-19-9-7-8-12-27(19)21(25-20)22(28)24-18-14-16(3)13-17(4)15-18/h7-9,12-15H,5-6,10-11H2,1-4H3,(H,24,28). The zero-order chi connectivity index (χ0) is 21.0. The van der Waals surface area contributed by atoms with Crippen LogP contribution in [0.4, 0.5) is 5.69 Å². The van der Waals surface area contributed by atoms with Crippen LogP contribution < -0.4 is 5.32 Å². The summed E-state index contributed by atoms with van der Waals surface area (Å²) in [5.41, 5.74) is 3.81. The predicted molar refractivity (Wildman–Crippen MR) is 116 cm³/mol. The molecule has 0 radical (unpaired) electrons. The van der Waals surface area contributed by atoms with Gasteiger partial charge in [-0.2, -0.15) is 0 Å². The van der Waals surface area contributed by atoms with E-state index in [1.165, 1.54) is 0 Å². The molecule has 0 unspecified atom stereocenters. The number of aromatic nitrogens is 2. The number of amides is 2. The molecule has 0 aliphatic rings. The highest BCUT2D eigenvalue weighted by Crippen LogP contribution is 2.19. The third-order valence-electron chi connectivity index (χ3n) is 4.71. The molecule has 0 bridgehead atoms. The van der Waals surface area contributed by atoms with E-state index in [-0.39, 0.29) is 17.6 Å². The number of pyridine rings is 1. The van der Waals surface area contributed by atoms with Crippen LogP contribution in [0.25, 0.3) is 5.52 Å². The van der Waals surface area contributed by atoms with Crippen LogP contribution in [0, 0.1) is 13.8 Å². The van der Waals surface area contributed by atoms with Crippen LogP contribution in [-0.4, -0.2) is 39.2 Å². The lowest BCUT2D eigenvalue weighted by Gasteiger charge is -2.20. The molecule has 0 spiro atoms. The number of nitrogens with zero attached hydrogens (tertiary/aromatic N) is 3. The fourth-order valence-electron chi connectivity index (χ4n) is 3.59. The van der Waals surface area contributed by atoms with Crippen molar-refractivity contribution in [1.82, 2.24) is 14.3 Å². The summed E-state index contributed by atoms with van der Waals surface area (Å²) in [5, 5.41) is 2.92. The molecule has 29 heavy (non-hydrogen) atoms. The van der Waals surface area contributed by atoms with Crippen molar-refractivity contribution in [3.63, 3.8) is 0 Å². The van der Waals surface area contributed by atoms with Gasteiger partial charge in [-0.3, -0.25) is 14.0 Å². The van der Waals surface area contributed by atoms with E-state index in [0.29, 0.717) is 30.0 Å². The summed E-state index contributed by atoms with van der Waals surface area (Å²) in [4.78, 5) is 32.4. The Morgan fingerprint density at radius 1 is 1.03 bits per heavy atom. The third kappa shape index (κ3) is 4.47. The Morgan fingerprint density at radius 2 is 1.69 bits per heavy atom. The van der Waals surface area contributed by atoms with Crippen molar-refractivity contribution < 1.29 is 9.59 Å². The fourth-order valence-corrected chi connectivity index (χ4v) is 3.59. The SMILES string of the molecule is CCCN(CCC)C(=O)c1nc(C(=O)Nc2cc(C)cc(C)c2)n2ccccc12. The van der Waals surface area contributed by atoms with E-state index in [2.05, 4.69) is 10.3 Å².